The third-order valence-corrected chi connectivity index (χ3v) is 5.25. The minimum atomic E-state index is -4.59. The summed E-state index contributed by atoms with van der Waals surface area (Å²) < 4.78 is 80.2. The topological polar surface area (TPSA) is 75.0 Å². The number of pyridine rings is 1. The first-order chi connectivity index (χ1) is 15.1. The van der Waals surface area contributed by atoms with Crippen LogP contribution in [0.4, 0.5) is 32.3 Å². The second-order valence-corrected chi connectivity index (χ2v) is 7.20. The molecular weight excluding hydrogens is 440 g/mol. The maximum atomic E-state index is 13.5. The predicted octanol–water partition coefficient (Wildman–Crippen LogP) is 4.04. The molecule has 0 aliphatic carbocycles. The van der Waals surface area contributed by atoms with E-state index in [-0.39, 0.29) is 17.2 Å². The molecule has 7 nitrogen and oxygen atoms in total. The Balaban J connectivity index is 1.63. The fourth-order valence-electron chi connectivity index (χ4n) is 3.82. The Bertz CT molecular complexity index is 1270. The van der Waals surface area contributed by atoms with Crippen molar-refractivity contribution < 1.29 is 26.3 Å². The van der Waals surface area contributed by atoms with Gasteiger partial charge in [0.15, 0.2) is 0 Å². The van der Waals surface area contributed by atoms with Crippen LogP contribution in [-0.4, -0.2) is 36.1 Å². The Hall–Kier alpha value is -3.64. The summed E-state index contributed by atoms with van der Waals surface area (Å²) in [6, 6.07) is 2.71. The lowest BCUT2D eigenvalue weighted by Crippen LogP contribution is -2.37. The van der Waals surface area contributed by atoms with Crippen molar-refractivity contribution in [1.82, 2.24) is 29.5 Å². The van der Waals surface area contributed by atoms with Crippen LogP contribution in [0, 0.1) is 0 Å². The second kappa shape index (κ2) is 6.93. The van der Waals surface area contributed by atoms with Gasteiger partial charge in [-0.05, 0) is 18.2 Å². The summed E-state index contributed by atoms with van der Waals surface area (Å²) in [5.41, 5.74) is -0.515. The first-order valence-corrected chi connectivity index (χ1v) is 9.36. The Morgan fingerprint density at radius 3 is 2.44 bits per heavy atom. The van der Waals surface area contributed by atoms with Crippen LogP contribution in [0.15, 0.2) is 43.1 Å². The maximum absolute atomic E-state index is 13.5. The third-order valence-electron chi connectivity index (χ3n) is 5.25. The van der Waals surface area contributed by atoms with Crippen LogP contribution in [0.2, 0.25) is 0 Å². The Morgan fingerprint density at radius 2 is 1.75 bits per heavy atom. The first-order valence-electron chi connectivity index (χ1n) is 9.36. The molecule has 4 aromatic heterocycles. The number of aromatic amines is 1. The number of anilines is 1. The lowest BCUT2D eigenvalue weighted by atomic mass is 10.00. The van der Waals surface area contributed by atoms with E-state index in [1.54, 1.807) is 4.90 Å². The standard InChI is InChI=1S/C19H13F6N7/c20-18(21,22)10-7-26-17(27-8-10)31-5-3-12-15(29-9-28-12)16(31)13-6-14-11(19(23,24)25)2-1-4-32(14)30-13/h1-2,4,6-9,16H,3,5H2,(H,28,29)/t16-/m0/s1. The number of halogens is 6. The molecule has 0 fully saturated rings. The van der Waals surface area contributed by atoms with Crippen molar-refractivity contribution in [2.24, 2.45) is 0 Å². The normalized spacial score (nSPS) is 17.1. The summed E-state index contributed by atoms with van der Waals surface area (Å²) >= 11 is 0. The lowest BCUT2D eigenvalue weighted by Gasteiger charge is -2.33. The van der Waals surface area contributed by atoms with Gasteiger partial charge in [-0.3, -0.25) is 0 Å². The molecule has 1 N–H and O–H groups in total. The van der Waals surface area contributed by atoms with Gasteiger partial charge >= 0.3 is 12.4 Å². The third kappa shape index (κ3) is 3.33. The summed E-state index contributed by atoms with van der Waals surface area (Å²) in [4.78, 5) is 16.6. The van der Waals surface area contributed by atoms with Crippen LogP contribution in [0.1, 0.15) is 34.3 Å². The number of nitrogens with one attached hydrogen (secondary N) is 1. The lowest BCUT2D eigenvalue weighted by molar-refractivity contribution is -0.138. The Morgan fingerprint density at radius 1 is 1.00 bits per heavy atom. The quantitative estimate of drug-likeness (QED) is 0.464. The number of imidazole rings is 1. The molecule has 0 unspecified atom stereocenters. The molecule has 0 bridgehead atoms. The van der Waals surface area contributed by atoms with Gasteiger partial charge < -0.3 is 9.88 Å². The number of aromatic nitrogens is 6. The molecule has 0 amide bonds. The number of fused-ring (bicyclic) bond motifs is 2. The summed E-state index contributed by atoms with van der Waals surface area (Å²) in [6.07, 6.45) is -4.52. The van der Waals surface area contributed by atoms with Crippen molar-refractivity contribution in [3.63, 3.8) is 0 Å². The average molecular weight is 453 g/mol. The summed E-state index contributed by atoms with van der Waals surface area (Å²) in [7, 11) is 0. The number of hydrogen-bond acceptors (Lipinski definition) is 5. The smallest absolute Gasteiger partial charge is 0.348 e. The Labute approximate surface area is 175 Å². The molecule has 1 atom stereocenters. The van der Waals surface area contributed by atoms with Crippen molar-refractivity contribution in [2.45, 2.75) is 24.8 Å². The highest BCUT2D eigenvalue weighted by molar-refractivity contribution is 5.58. The number of rotatable bonds is 2. The molecular formula is C19H13F6N7. The SMILES string of the molecule is FC(F)(F)c1cnc(N2CCc3[nH]cnc3[C@@H]2c2cc3c(C(F)(F)F)cccn3n2)nc1. The largest absolute Gasteiger partial charge is 0.419 e. The van der Waals surface area contributed by atoms with E-state index in [1.165, 1.54) is 24.7 Å². The number of hydrogen-bond donors (Lipinski definition) is 1. The number of nitrogens with zero attached hydrogens (tertiary/aromatic N) is 6. The van der Waals surface area contributed by atoms with Crippen molar-refractivity contribution >= 4 is 11.5 Å². The molecule has 0 radical (unpaired) electrons. The van der Waals surface area contributed by atoms with Crippen LogP contribution in [0.5, 0.6) is 0 Å². The van der Waals surface area contributed by atoms with Gasteiger partial charge in [-0.25, -0.2) is 19.5 Å². The van der Waals surface area contributed by atoms with Gasteiger partial charge in [0.2, 0.25) is 5.95 Å². The van der Waals surface area contributed by atoms with Gasteiger partial charge in [0.25, 0.3) is 0 Å². The predicted molar refractivity (Wildman–Crippen MR) is 98.7 cm³/mol. The average Bonchev–Trinajstić information content (AvgIpc) is 3.38. The van der Waals surface area contributed by atoms with E-state index in [2.05, 4.69) is 25.0 Å². The molecule has 32 heavy (non-hydrogen) atoms. The zero-order chi connectivity index (χ0) is 22.7. The van der Waals surface area contributed by atoms with Gasteiger partial charge in [0.1, 0.15) is 6.04 Å². The minimum Gasteiger partial charge on any atom is -0.348 e. The van der Waals surface area contributed by atoms with Crippen LogP contribution in [0.25, 0.3) is 5.52 Å². The zero-order valence-electron chi connectivity index (χ0n) is 16.0. The molecule has 13 heteroatoms. The van der Waals surface area contributed by atoms with Crippen molar-refractivity contribution in [1.29, 1.82) is 0 Å². The van der Waals surface area contributed by atoms with Crippen molar-refractivity contribution in [2.75, 3.05) is 11.4 Å². The van der Waals surface area contributed by atoms with Crippen LogP contribution in [-0.2, 0) is 18.8 Å². The van der Waals surface area contributed by atoms with Gasteiger partial charge in [-0.15, -0.1) is 0 Å². The zero-order valence-corrected chi connectivity index (χ0v) is 16.0. The number of H-pyrrole nitrogens is 1. The molecule has 0 aromatic carbocycles. The molecule has 0 saturated heterocycles. The van der Waals surface area contributed by atoms with Crippen molar-refractivity contribution in [3.05, 3.63) is 71.3 Å². The minimum absolute atomic E-state index is 0.00949. The fourth-order valence-corrected chi connectivity index (χ4v) is 3.82. The van der Waals surface area contributed by atoms with Crippen LogP contribution in [0.3, 0.4) is 0 Å². The van der Waals surface area contributed by atoms with Crippen LogP contribution < -0.4 is 4.90 Å². The molecule has 0 spiro atoms. The van der Waals surface area contributed by atoms with Gasteiger partial charge in [0, 0.05) is 37.3 Å². The van der Waals surface area contributed by atoms with Gasteiger partial charge in [-0.2, -0.15) is 31.4 Å². The molecule has 1 aliphatic heterocycles. The summed E-state index contributed by atoms with van der Waals surface area (Å²) in [5.74, 6) is -0.00949. The fraction of sp³-hybridized carbons (Fsp3) is 0.263. The van der Waals surface area contributed by atoms with E-state index in [0.29, 0.717) is 31.1 Å². The number of alkyl halides is 6. The molecule has 5 heterocycles. The Kier molecular flexibility index (Phi) is 4.39. The van der Waals surface area contributed by atoms with E-state index in [0.717, 1.165) is 16.3 Å². The summed E-state index contributed by atoms with van der Waals surface area (Å²) in [6.45, 7) is 0.297. The van der Waals surface area contributed by atoms with E-state index in [9.17, 15) is 26.3 Å². The van der Waals surface area contributed by atoms with E-state index in [4.69, 9.17) is 0 Å². The molecule has 0 saturated carbocycles. The molecule has 1 aliphatic rings. The highest BCUT2D eigenvalue weighted by atomic mass is 19.4. The monoisotopic (exact) mass is 453 g/mol. The van der Waals surface area contributed by atoms with E-state index < -0.39 is 29.5 Å². The maximum Gasteiger partial charge on any atom is 0.419 e. The second-order valence-electron chi connectivity index (χ2n) is 7.20. The van der Waals surface area contributed by atoms with Crippen LogP contribution >= 0.6 is 0 Å². The van der Waals surface area contributed by atoms with Crippen molar-refractivity contribution in [3.8, 4) is 0 Å². The highest BCUT2D eigenvalue weighted by Crippen LogP contribution is 2.38. The molecule has 5 rings (SSSR count). The van der Waals surface area contributed by atoms with Gasteiger partial charge in [0.05, 0.1) is 34.4 Å². The molecule has 166 valence electrons. The van der Waals surface area contributed by atoms with Gasteiger partial charge in [-0.1, -0.05) is 0 Å². The summed E-state index contributed by atoms with van der Waals surface area (Å²) in [5, 5.41) is 4.31. The first kappa shape index (κ1) is 20.3. The van der Waals surface area contributed by atoms with E-state index >= 15 is 0 Å². The van der Waals surface area contributed by atoms with E-state index in [1.807, 2.05) is 0 Å². The highest BCUT2D eigenvalue weighted by Gasteiger charge is 2.38. The molecule has 4 aromatic rings.